The maximum Gasteiger partial charge on any atom is 0.346 e. The molecule has 0 amide bonds. The lowest BCUT2D eigenvalue weighted by molar-refractivity contribution is -0.132. The number of carbonyl (C=O) groups is 1. The highest BCUT2D eigenvalue weighted by Crippen LogP contribution is 1.97. The molecular weight excluding hydrogens is 154 g/mol. The monoisotopic (exact) mass is 165 g/mol. The summed E-state index contributed by atoms with van der Waals surface area (Å²) < 4.78 is 0. The molecule has 0 saturated heterocycles. The average Bonchev–Trinajstić information content (AvgIpc) is 1.96. The van der Waals surface area contributed by atoms with Gasteiger partial charge in [-0.2, -0.15) is 5.26 Å². The Kier molecular flexibility index (Phi) is 4.47. The lowest BCUT2D eigenvalue weighted by Crippen LogP contribution is -1.96. The maximum absolute atomic E-state index is 10.3. The summed E-state index contributed by atoms with van der Waals surface area (Å²) in [7, 11) is 0. The van der Waals surface area contributed by atoms with Crippen LogP contribution in [0, 0.1) is 17.2 Å². The highest BCUT2D eigenvalue weighted by molar-refractivity contribution is 5.91. The van der Waals surface area contributed by atoms with E-state index in [9.17, 15) is 4.79 Å². The third kappa shape index (κ3) is 4.29. The molecule has 0 fully saturated rings. The van der Waals surface area contributed by atoms with Crippen molar-refractivity contribution in [1.82, 2.24) is 0 Å². The van der Waals surface area contributed by atoms with E-state index in [0.29, 0.717) is 5.92 Å². The highest BCUT2D eigenvalue weighted by Gasteiger charge is 2.02. The molecule has 0 aliphatic heterocycles. The summed E-state index contributed by atoms with van der Waals surface area (Å²) in [6.07, 6.45) is 4.69. The number of rotatable bonds is 3. The number of carboxylic acids is 1. The minimum absolute atomic E-state index is 0.244. The van der Waals surface area contributed by atoms with Gasteiger partial charge in [0, 0.05) is 0 Å². The van der Waals surface area contributed by atoms with Gasteiger partial charge in [0.2, 0.25) is 0 Å². The molecule has 0 radical (unpaired) electrons. The van der Waals surface area contributed by atoms with Gasteiger partial charge < -0.3 is 5.11 Å². The summed E-state index contributed by atoms with van der Waals surface area (Å²) >= 11 is 0. The van der Waals surface area contributed by atoms with Crippen molar-refractivity contribution in [3.63, 3.8) is 0 Å². The Balaban J connectivity index is 4.35. The Morgan fingerprint density at radius 2 is 2.17 bits per heavy atom. The standard InChI is InChI=1S/C9H11NO2/c1-7(2)4-3-5-8(6-10)9(11)12/h3-5,7H,1-2H3,(H,11,12). The summed E-state index contributed by atoms with van der Waals surface area (Å²) in [5.74, 6) is -0.833. The molecule has 0 atom stereocenters. The molecule has 0 aromatic rings. The number of allylic oxidation sites excluding steroid dienone is 3. The summed E-state index contributed by atoms with van der Waals surface area (Å²) in [5, 5.41) is 16.7. The van der Waals surface area contributed by atoms with Crippen LogP contribution >= 0.6 is 0 Å². The Labute approximate surface area is 71.6 Å². The van der Waals surface area contributed by atoms with Crippen molar-refractivity contribution < 1.29 is 9.90 Å². The van der Waals surface area contributed by atoms with Crippen LogP contribution in [-0.2, 0) is 4.79 Å². The van der Waals surface area contributed by atoms with Gasteiger partial charge in [0.25, 0.3) is 0 Å². The smallest absolute Gasteiger partial charge is 0.346 e. The molecule has 0 aromatic heterocycles. The van der Waals surface area contributed by atoms with E-state index in [1.54, 1.807) is 12.1 Å². The molecule has 0 aliphatic carbocycles. The molecule has 3 nitrogen and oxygen atoms in total. The first-order valence-corrected chi connectivity index (χ1v) is 3.59. The molecule has 1 N–H and O–H groups in total. The number of nitriles is 1. The van der Waals surface area contributed by atoms with Crippen molar-refractivity contribution in [1.29, 1.82) is 5.26 Å². The molecule has 0 heterocycles. The first-order valence-electron chi connectivity index (χ1n) is 3.59. The van der Waals surface area contributed by atoms with Crippen molar-refractivity contribution in [2.24, 2.45) is 5.92 Å². The molecule has 0 spiro atoms. The molecule has 0 bridgehead atoms. The van der Waals surface area contributed by atoms with Crippen LogP contribution in [0.4, 0.5) is 0 Å². The minimum atomic E-state index is -1.19. The van der Waals surface area contributed by atoms with Crippen molar-refractivity contribution >= 4 is 5.97 Å². The second-order valence-electron chi connectivity index (χ2n) is 2.63. The van der Waals surface area contributed by atoms with E-state index in [1.165, 1.54) is 6.08 Å². The topological polar surface area (TPSA) is 61.1 Å². The van der Waals surface area contributed by atoms with Gasteiger partial charge in [-0.25, -0.2) is 4.79 Å². The van der Waals surface area contributed by atoms with Crippen molar-refractivity contribution in [2.45, 2.75) is 13.8 Å². The van der Waals surface area contributed by atoms with Crippen LogP contribution in [0.1, 0.15) is 13.8 Å². The number of hydrogen-bond acceptors (Lipinski definition) is 2. The second kappa shape index (κ2) is 5.14. The van der Waals surface area contributed by atoms with Crippen molar-refractivity contribution in [3.05, 3.63) is 23.8 Å². The van der Waals surface area contributed by atoms with Crippen molar-refractivity contribution in [2.75, 3.05) is 0 Å². The van der Waals surface area contributed by atoms with E-state index in [0.717, 1.165) is 0 Å². The molecule has 0 unspecified atom stereocenters. The average molecular weight is 165 g/mol. The molecule has 64 valence electrons. The lowest BCUT2D eigenvalue weighted by atomic mass is 10.2. The van der Waals surface area contributed by atoms with Gasteiger partial charge in [-0.1, -0.05) is 26.0 Å². The van der Waals surface area contributed by atoms with Crippen LogP contribution in [0.25, 0.3) is 0 Å². The fraction of sp³-hybridized carbons (Fsp3) is 0.333. The quantitative estimate of drug-likeness (QED) is 0.393. The molecule has 3 heteroatoms. The van der Waals surface area contributed by atoms with Gasteiger partial charge >= 0.3 is 5.97 Å². The number of carboxylic acid groups (broad SMARTS) is 1. The fourth-order valence-electron chi connectivity index (χ4n) is 0.530. The zero-order valence-corrected chi connectivity index (χ0v) is 7.11. The third-order valence-corrected chi connectivity index (χ3v) is 1.11. The van der Waals surface area contributed by atoms with Gasteiger partial charge in [0.1, 0.15) is 11.6 Å². The van der Waals surface area contributed by atoms with E-state index < -0.39 is 5.97 Å². The molecule has 0 rings (SSSR count). The lowest BCUT2D eigenvalue weighted by Gasteiger charge is -1.90. The van der Waals surface area contributed by atoms with E-state index >= 15 is 0 Å². The van der Waals surface area contributed by atoms with E-state index in [4.69, 9.17) is 10.4 Å². The number of hydrogen-bond donors (Lipinski definition) is 1. The van der Waals surface area contributed by atoms with Crippen LogP contribution in [0.2, 0.25) is 0 Å². The van der Waals surface area contributed by atoms with Crippen LogP contribution in [0.15, 0.2) is 23.8 Å². The Morgan fingerprint density at radius 3 is 2.50 bits per heavy atom. The number of nitrogens with zero attached hydrogens (tertiary/aromatic N) is 1. The van der Waals surface area contributed by atoms with E-state index in [2.05, 4.69) is 0 Å². The summed E-state index contributed by atoms with van der Waals surface area (Å²) in [4.78, 5) is 10.3. The van der Waals surface area contributed by atoms with E-state index in [-0.39, 0.29) is 5.57 Å². The predicted molar refractivity (Wildman–Crippen MR) is 45.3 cm³/mol. The van der Waals surface area contributed by atoms with Gasteiger partial charge in [-0.3, -0.25) is 0 Å². The predicted octanol–water partition coefficient (Wildman–Crippen LogP) is 1.73. The Bertz CT molecular complexity index is 256. The first-order chi connectivity index (χ1) is 5.57. The zero-order chi connectivity index (χ0) is 9.56. The third-order valence-electron chi connectivity index (χ3n) is 1.11. The summed E-state index contributed by atoms with van der Waals surface area (Å²) in [6.45, 7) is 3.94. The van der Waals surface area contributed by atoms with Crippen LogP contribution in [0.3, 0.4) is 0 Å². The fourth-order valence-corrected chi connectivity index (χ4v) is 0.530. The van der Waals surface area contributed by atoms with Crippen LogP contribution in [0.5, 0.6) is 0 Å². The van der Waals surface area contributed by atoms with Crippen LogP contribution < -0.4 is 0 Å². The molecule has 12 heavy (non-hydrogen) atoms. The van der Waals surface area contributed by atoms with E-state index in [1.807, 2.05) is 19.9 Å². The Morgan fingerprint density at radius 1 is 1.58 bits per heavy atom. The molecule has 0 saturated carbocycles. The summed E-state index contributed by atoms with van der Waals surface area (Å²) in [6, 6.07) is 1.59. The summed E-state index contributed by atoms with van der Waals surface area (Å²) in [5.41, 5.74) is -0.244. The SMILES string of the molecule is CC(C)C=CC=C(C#N)C(=O)O. The second-order valence-corrected chi connectivity index (χ2v) is 2.63. The molecular formula is C9H11NO2. The van der Waals surface area contributed by atoms with Gasteiger partial charge in [0.05, 0.1) is 0 Å². The maximum atomic E-state index is 10.3. The molecule has 0 aromatic carbocycles. The zero-order valence-electron chi connectivity index (χ0n) is 7.11. The highest BCUT2D eigenvalue weighted by atomic mass is 16.4. The van der Waals surface area contributed by atoms with Crippen LogP contribution in [-0.4, -0.2) is 11.1 Å². The van der Waals surface area contributed by atoms with Gasteiger partial charge in [-0.15, -0.1) is 0 Å². The van der Waals surface area contributed by atoms with Gasteiger partial charge in [-0.05, 0) is 12.0 Å². The normalized spacial score (nSPS) is 12.0. The minimum Gasteiger partial charge on any atom is -0.477 e. The molecule has 0 aliphatic rings. The Hall–Kier alpha value is -1.56. The largest absolute Gasteiger partial charge is 0.477 e. The first kappa shape index (κ1) is 10.4. The van der Waals surface area contributed by atoms with Crippen molar-refractivity contribution in [3.8, 4) is 6.07 Å². The number of aliphatic carboxylic acids is 1. The van der Waals surface area contributed by atoms with Gasteiger partial charge in [0.15, 0.2) is 0 Å².